The maximum atomic E-state index is 13.4. The summed E-state index contributed by atoms with van der Waals surface area (Å²) < 4.78 is 31.3. The number of nitrogens with one attached hydrogen (secondary N) is 1. The van der Waals surface area contributed by atoms with Gasteiger partial charge in [-0.25, -0.2) is 0 Å². The fourth-order valence-electron chi connectivity index (χ4n) is 3.49. The molecule has 0 saturated carbocycles. The lowest BCUT2D eigenvalue weighted by Crippen LogP contribution is -2.33. The molecule has 0 bridgehead atoms. The number of halogens is 1. The zero-order valence-electron chi connectivity index (χ0n) is 16.4. The van der Waals surface area contributed by atoms with Crippen molar-refractivity contribution in [2.75, 3.05) is 5.32 Å². The fraction of sp³-hybridized carbons (Fsp3) is 0.238. The number of rotatable bonds is 4. The summed E-state index contributed by atoms with van der Waals surface area (Å²) in [4.78, 5) is 13.4. The molecule has 2 N–H and O–H groups in total. The Bertz CT molecular complexity index is 1360. The van der Waals surface area contributed by atoms with E-state index in [0.717, 1.165) is 6.42 Å². The van der Waals surface area contributed by atoms with Crippen molar-refractivity contribution in [3.05, 3.63) is 62.9 Å². The molecular weight excluding hydrogens is 470 g/mol. The monoisotopic (exact) mass is 489 g/mol. The van der Waals surface area contributed by atoms with Gasteiger partial charge >= 0.3 is 0 Å². The van der Waals surface area contributed by atoms with Gasteiger partial charge in [0.1, 0.15) is 16.2 Å². The standard InChI is InChI=1S/C21H20BrN3O4S/c1-12(2)10-11-25-15-8-5-6-13(22)17(15)19(26)18(21(25)27)20-23-14-7-3-4-9-16(14)30(28,29)24-20/h3-9,12,26H,10-11H2,1-2H3,(H,23,24). The summed E-state index contributed by atoms with van der Waals surface area (Å²) in [7, 11) is -4.02. The topological polar surface area (TPSA) is 101 Å². The minimum absolute atomic E-state index is 0.0235. The van der Waals surface area contributed by atoms with Gasteiger partial charge in [0, 0.05) is 11.0 Å². The van der Waals surface area contributed by atoms with Crippen molar-refractivity contribution < 1.29 is 13.5 Å². The number of para-hydroxylation sites is 1. The molecule has 156 valence electrons. The molecule has 0 atom stereocenters. The number of benzene rings is 2. The molecule has 0 unspecified atom stereocenters. The van der Waals surface area contributed by atoms with Crippen LogP contribution in [0.4, 0.5) is 5.69 Å². The Kier molecular flexibility index (Phi) is 5.19. The number of aryl methyl sites for hydroxylation is 1. The first-order valence-electron chi connectivity index (χ1n) is 9.46. The Morgan fingerprint density at radius 1 is 1.17 bits per heavy atom. The number of amidine groups is 1. The predicted octanol–water partition coefficient (Wildman–Crippen LogP) is 4.08. The van der Waals surface area contributed by atoms with E-state index in [-0.39, 0.29) is 22.0 Å². The van der Waals surface area contributed by atoms with E-state index in [1.807, 2.05) is 0 Å². The normalized spacial score (nSPS) is 15.0. The van der Waals surface area contributed by atoms with Gasteiger partial charge in [-0.15, -0.1) is 4.40 Å². The second kappa shape index (κ2) is 7.55. The Morgan fingerprint density at radius 2 is 1.90 bits per heavy atom. The van der Waals surface area contributed by atoms with Crippen LogP contribution in [-0.2, 0) is 16.6 Å². The summed E-state index contributed by atoms with van der Waals surface area (Å²) in [6.07, 6.45) is 0.743. The van der Waals surface area contributed by atoms with E-state index in [9.17, 15) is 18.3 Å². The van der Waals surface area contributed by atoms with E-state index >= 15 is 0 Å². The molecule has 3 aromatic rings. The summed E-state index contributed by atoms with van der Waals surface area (Å²) in [6, 6.07) is 11.6. The molecule has 0 fully saturated rings. The van der Waals surface area contributed by atoms with Crippen LogP contribution in [0.5, 0.6) is 5.75 Å². The first-order chi connectivity index (χ1) is 14.2. The van der Waals surface area contributed by atoms with E-state index in [1.165, 1.54) is 6.07 Å². The van der Waals surface area contributed by atoms with Crippen LogP contribution in [-0.4, -0.2) is 23.9 Å². The van der Waals surface area contributed by atoms with Crippen LogP contribution in [0.1, 0.15) is 25.8 Å². The highest BCUT2D eigenvalue weighted by Crippen LogP contribution is 2.35. The molecule has 0 radical (unpaired) electrons. The maximum Gasteiger partial charge on any atom is 0.286 e. The van der Waals surface area contributed by atoms with Crippen LogP contribution in [0.15, 0.2) is 61.0 Å². The zero-order valence-corrected chi connectivity index (χ0v) is 18.8. The van der Waals surface area contributed by atoms with Gasteiger partial charge in [0.15, 0.2) is 5.84 Å². The van der Waals surface area contributed by atoms with Crippen LogP contribution in [0.2, 0.25) is 0 Å². The van der Waals surface area contributed by atoms with Crippen molar-refractivity contribution in [1.29, 1.82) is 0 Å². The lowest BCUT2D eigenvalue weighted by molar-refractivity contribution is 0.473. The molecule has 30 heavy (non-hydrogen) atoms. The lowest BCUT2D eigenvalue weighted by atomic mass is 10.1. The average molecular weight is 490 g/mol. The molecule has 0 spiro atoms. The summed E-state index contributed by atoms with van der Waals surface area (Å²) in [6.45, 7) is 4.54. The molecule has 0 saturated heterocycles. The van der Waals surface area contributed by atoms with Gasteiger partial charge in [-0.1, -0.05) is 32.0 Å². The zero-order chi connectivity index (χ0) is 21.6. The van der Waals surface area contributed by atoms with Gasteiger partial charge in [0.2, 0.25) is 0 Å². The molecule has 1 aromatic heterocycles. The number of fused-ring (bicyclic) bond motifs is 2. The van der Waals surface area contributed by atoms with Crippen LogP contribution in [0.3, 0.4) is 0 Å². The molecule has 4 rings (SSSR count). The quantitative estimate of drug-likeness (QED) is 0.574. The van der Waals surface area contributed by atoms with Gasteiger partial charge in [-0.05, 0) is 52.5 Å². The molecular formula is C21H20BrN3O4S. The Morgan fingerprint density at radius 3 is 2.63 bits per heavy atom. The smallest absolute Gasteiger partial charge is 0.286 e. The first-order valence-corrected chi connectivity index (χ1v) is 11.7. The predicted molar refractivity (Wildman–Crippen MR) is 121 cm³/mol. The Hall–Kier alpha value is -2.65. The maximum absolute atomic E-state index is 13.4. The number of nitrogens with zero attached hydrogens (tertiary/aromatic N) is 2. The Balaban J connectivity index is 2.02. The van der Waals surface area contributed by atoms with Gasteiger partial charge in [-0.2, -0.15) is 8.42 Å². The van der Waals surface area contributed by atoms with E-state index in [2.05, 4.69) is 39.5 Å². The van der Waals surface area contributed by atoms with Crippen molar-refractivity contribution in [3.8, 4) is 5.75 Å². The van der Waals surface area contributed by atoms with Crippen LogP contribution < -0.4 is 10.9 Å². The van der Waals surface area contributed by atoms with Gasteiger partial charge < -0.3 is 15.0 Å². The lowest BCUT2D eigenvalue weighted by Gasteiger charge is -2.21. The third-order valence-electron chi connectivity index (χ3n) is 5.01. The molecule has 1 aliphatic heterocycles. The minimum atomic E-state index is -4.02. The molecule has 7 nitrogen and oxygen atoms in total. The summed E-state index contributed by atoms with van der Waals surface area (Å²) in [5.41, 5.74) is 0.203. The van der Waals surface area contributed by atoms with E-state index in [1.54, 1.807) is 41.0 Å². The van der Waals surface area contributed by atoms with Crippen molar-refractivity contribution in [2.45, 2.75) is 31.7 Å². The highest BCUT2D eigenvalue weighted by Gasteiger charge is 2.30. The van der Waals surface area contributed by atoms with Crippen molar-refractivity contribution in [3.63, 3.8) is 0 Å². The SMILES string of the molecule is CC(C)CCn1c(=O)c(C2=NS(=O)(=O)c3ccccc3N2)c(O)c2c(Br)cccc21. The van der Waals surface area contributed by atoms with Crippen LogP contribution >= 0.6 is 15.9 Å². The molecule has 1 aliphatic rings. The van der Waals surface area contributed by atoms with Gasteiger partial charge in [0.25, 0.3) is 15.6 Å². The molecule has 2 aromatic carbocycles. The highest BCUT2D eigenvalue weighted by atomic mass is 79.9. The number of aromatic hydroxyl groups is 1. The second-order valence-electron chi connectivity index (χ2n) is 7.53. The van der Waals surface area contributed by atoms with Crippen molar-refractivity contribution >= 4 is 48.4 Å². The second-order valence-corrected chi connectivity index (χ2v) is 9.96. The largest absolute Gasteiger partial charge is 0.506 e. The third-order valence-corrected chi connectivity index (χ3v) is 7.01. The summed E-state index contributed by atoms with van der Waals surface area (Å²) >= 11 is 3.44. The summed E-state index contributed by atoms with van der Waals surface area (Å²) in [5, 5.41) is 14.4. The van der Waals surface area contributed by atoms with Crippen molar-refractivity contribution in [2.24, 2.45) is 10.3 Å². The number of anilines is 1. The molecule has 0 amide bonds. The molecule has 0 aliphatic carbocycles. The van der Waals surface area contributed by atoms with E-state index < -0.39 is 15.6 Å². The highest BCUT2D eigenvalue weighted by molar-refractivity contribution is 9.10. The van der Waals surface area contributed by atoms with Crippen LogP contribution in [0, 0.1) is 5.92 Å². The number of hydrogen-bond acceptors (Lipinski definition) is 5. The number of hydrogen-bond donors (Lipinski definition) is 2. The van der Waals surface area contributed by atoms with Gasteiger partial charge in [-0.3, -0.25) is 4.79 Å². The van der Waals surface area contributed by atoms with E-state index in [0.29, 0.717) is 33.5 Å². The van der Waals surface area contributed by atoms with Crippen LogP contribution in [0.25, 0.3) is 10.9 Å². The number of pyridine rings is 1. The minimum Gasteiger partial charge on any atom is -0.506 e. The molecule has 2 heterocycles. The first kappa shape index (κ1) is 20.6. The fourth-order valence-corrected chi connectivity index (χ4v) is 5.15. The summed E-state index contributed by atoms with van der Waals surface area (Å²) in [5.74, 6) is -0.148. The molecule has 9 heteroatoms. The number of sulfonamides is 1. The third kappa shape index (κ3) is 3.41. The van der Waals surface area contributed by atoms with E-state index in [4.69, 9.17) is 0 Å². The number of aromatic nitrogens is 1. The van der Waals surface area contributed by atoms with Crippen molar-refractivity contribution in [1.82, 2.24) is 4.57 Å². The Labute approximate surface area is 182 Å². The average Bonchev–Trinajstić information content (AvgIpc) is 2.67. The van der Waals surface area contributed by atoms with Gasteiger partial charge in [0.05, 0.1) is 16.6 Å².